The van der Waals surface area contributed by atoms with E-state index in [2.05, 4.69) is 15.9 Å². The van der Waals surface area contributed by atoms with Crippen molar-refractivity contribution in [3.63, 3.8) is 0 Å². The van der Waals surface area contributed by atoms with Gasteiger partial charge >= 0.3 is 11.4 Å². The Morgan fingerprint density at radius 2 is 1.60 bits per heavy atom. The fourth-order valence-corrected chi connectivity index (χ4v) is 9.73. The van der Waals surface area contributed by atoms with E-state index in [0.29, 0.717) is 21.2 Å². The van der Waals surface area contributed by atoms with Gasteiger partial charge in [0.05, 0.1) is 32.8 Å². The van der Waals surface area contributed by atoms with E-state index in [1.165, 1.54) is 19.0 Å². The standard InChI is InChI=1S/C33H26BrCl2N5O9/c1-37(2)26-22(40(47)48)11-16(12-23(26)41(49)50)39-28(43)19-10-9-18-21(24(19)29(39)44)13-32(35)30(45)38(14-34)31(46)33(32,36)25(18)20-8-7-15-5-3-4-6-17(15)27(20)42/h3-9,11-12,19,21,24-25,42H,10,13-14H2,1-2H3/t19-,21+,24-,25+,32+,33-/m0/s1. The molecule has 7 rings (SSSR count). The van der Waals surface area contributed by atoms with Gasteiger partial charge in [0.2, 0.25) is 11.8 Å². The molecule has 2 aliphatic carbocycles. The smallest absolute Gasteiger partial charge is 0.301 e. The van der Waals surface area contributed by atoms with Crippen molar-refractivity contribution in [3.8, 4) is 5.75 Å². The summed E-state index contributed by atoms with van der Waals surface area (Å²) in [6.45, 7) is 0. The number of imide groups is 2. The molecule has 2 heterocycles. The summed E-state index contributed by atoms with van der Waals surface area (Å²) in [6, 6.07) is 12.2. The molecule has 2 aliphatic heterocycles. The molecule has 17 heteroatoms. The maximum atomic E-state index is 14.4. The van der Waals surface area contributed by atoms with Crippen LogP contribution >= 0.6 is 39.1 Å². The highest BCUT2D eigenvalue weighted by Crippen LogP contribution is 2.66. The second kappa shape index (κ2) is 11.5. The first-order valence-corrected chi connectivity index (χ1v) is 17.2. The van der Waals surface area contributed by atoms with Crippen LogP contribution < -0.4 is 9.80 Å². The third kappa shape index (κ3) is 4.32. The first kappa shape index (κ1) is 33.9. The average molecular weight is 787 g/mol. The third-order valence-corrected chi connectivity index (χ3v) is 12.3. The van der Waals surface area contributed by atoms with E-state index < -0.39 is 78.3 Å². The predicted octanol–water partition coefficient (Wildman–Crippen LogP) is 5.34. The lowest BCUT2D eigenvalue weighted by Gasteiger charge is -2.50. The van der Waals surface area contributed by atoms with Gasteiger partial charge in [-0.25, -0.2) is 4.90 Å². The molecule has 14 nitrogen and oxygen atoms in total. The number of likely N-dealkylation sites (tertiary alicyclic amines) is 1. The summed E-state index contributed by atoms with van der Waals surface area (Å²) >= 11 is 17.7. The van der Waals surface area contributed by atoms with Gasteiger partial charge in [0.1, 0.15) is 5.75 Å². The van der Waals surface area contributed by atoms with Crippen molar-refractivity contribution >= 4 is 96.3 Å². The molecule has 50 heavy (non-hydrogen) atoms. The van der Waals surface area contributed by atoms with Crippen molar-refractivity contribution in [2.75, 3.05) is 29.3 Å². The molecule has 1 N–H and O–H groups in total. The number of hydrogen-bond donors (Lipinski definition) is 1. The van der Waals surface area contributed by atoms with Crippen molar-refractivity contribution in [2.24, 2.45) is 17.8 Å². The van der Waals surface area contributed by atoms with E-state index in [9.17, 15) is 44.5 Å². The van der Waals surface area contributed by atoms with Gasteiger partial charge in [-0.05, 0) is 24.1 Å². The molecule has 0 spiro atoms. The highest BCUT2D eigenvalue weighted by molar-refractivity contribution is 9.09. The summed E-state index contributed by atoms with van der Waals surface area (Å²) in [5.41, 5.74) is -1.67. The number of benzene rings is 3. The van der Waals surface area contributed by atoms with Gasteiger partial charge in [0.25, 0.3) is 11.8 Å². The molecule has 0 bridgehead atoms. The number of fused-ring (bicyclic) bond motifs is 5. The van der Waals surface area contributed by atoms with Crippen molar-refractivity contribution < 1.29 is 34.1 Å². The number of nitrogens with zero attached hydrogens (tertiary/aromatic N) is 5. The van der Waals surface area contributed by atoms with E-state index in [1.54, 1.807) is 42.5 Å². The highest BCUT2D eigenvalue weighted by Gasteiger charge is 2.76. The minimum absolute atomic E-state index is 0.0328. The van der Waals surface area contributed by atoms with Crippen LogP contribution in [0.4, 0.5) is 22.7 Å². The molecule has 4 amide bonds. The van der Waals surface area contributed by atoms with Crippen LogP contribution in [-0.4, -0.2) is 72.8 Å². The first-order valence-electron chi connectivity index (χ1n) is 15.3. The lowest BCUT2D eigenvalue weighted by molar-refractivity contribution is -0.392. The Morgan fingerprint density at radius 3 is 2.20 bits per heavy atom. The number of allylic oxidation sites excluding steroid dienone is 2. The van der Waals surface area contributed by atoms with Crippen molar-refractivity contribution in [2.45, 2.75) is 28.5 Å². The van der Waals surface area contributed by atoms with Gasteiger partial charge in [-0.1, -0.05) is 64.0 Å². The highest BCUT2D eigenvalue weighted by atomic mass is 79.9. The topological polar surface area (TPSA) is 185 Å². The fourth-order valence-electron chi connectivity index (χ4n) is 8.31. The Kier molecular flexibility index (Phi) is 7.77. The Hall–Kier alpha value is -4.60. The summed E-state index contributed by atoms with van der Waals surface area (Å²) in [5, 5.41) is 37.0. The molecule has 3 aromatic carbocycles. The molecule has 4 aliphatic rings. The number of rotatable bonds is 6. The number of phenolic OH excluding ortho intramolecular Hbond substituents is 1. The van der Waals surface area contributed by atoms with Crippen molar-refractivity contribution in [3.05, 3.63) is 86.0 Å². The summed E-state index contributed by atoms with van der Waals surface area (Å²) < 4.78 is 0. The van der Waals surface area contributed by atoms with Crippen LogP contribution in [0.3, 0.4) is 0 Å². The van der Waals surface area contributed by atoms with Crippen LogP contribution in [0.2, 0.25) is 0 Å². The van der Waals surface area contributed by atoms with E-state index in [4.69, 9.17) is 23.2 Å². The van der Waals surface area contributed by atoms with Gasteiger partial charge < -0.3 is 10.0 Å². The van der Waals surface area contributed by atoms with E-state index in [1.807, 2.05) is 0 Å². The second-order valence-electron chi connectivity index (χ2n) is 13.0. The second-order valence-corrected chi connectivity index (χ2v) is 14.7. The molecule has 3 fully saturated rings. The predicted molar refractivity (Wildman–Crippen MR) is 186 cm³/mol. The Morgan fingerprint density at radius 1 is 0.960 bits per heavy atom. The number of alkyl halides is 3. The maximum absolute atomic E-state index is 14.4. The number of amides is 4. The molecule has 1 saturated carbocycles. The van der Waals surface area contributed by atoms with Gasteiger partial charge in [-0.15, -0.1) is 23.2 Å². The third-order valence-electron chi connectivity index (χ3n) is 10.4. The zero-order valence-corrected chi connectivity index (χ0v) is 29.3. The Balaban J connectivity index is 1.40. The number of nitro benzene ring substituents is 2. The quantitative estimate of drug-likeness (QED) is 0.0854. The average Bonchev–Trinajstić information content (AvgIpc) is 3.42. The van der Waals surface area contributed by atoms with E-state index in [-0.39, 0.29) is 41.0 Å². The van der Waals surface area contributed by atoms with Crippen molar-refractivity contribution in [1.29, 1.82) is 0 Å². The van der Waals surface area contributed by atoms with E-state index >= 15 is 0 Å². The van der Waals surface area contributed by atoms with Crippen LogP contribution in [0.5, 0.6) is 5.75 Å². The van der Waals surface area contributed by atoms with Gasteiger partial charge in [-0.2, -0.15) is 0 Å². The van der Waals surface area contributed by atoms with Crippen LogP contribution in [0.1, 0.15) is 24.3 Å². The summed E-state index contributed by atoms with van der Waals surface area (Å²) in [7, 11) is 2.78. The van der Waals surface area contributed by atoms with Crippen LogP contribution in [-0.2, 0) is 19.2 Å². The number of phenols is 1. The number of halogens is 3. The number of aromatic hydroxyl groups is 1. The fraction of sp³-hybridized carbons (Fsp3) is 0.333. The molecule has 0 aromatic heterocycles. The number of hydrogen-bond acceptors (Lipinski definition) is 10. The molecule has 3 aromatic rings. The normalized spacial score (nSPS) is 28.8. The molecular formula is C33H26BrCl2N5O9. The minimum atomic E-state index is -2.15. The van der Waals surface area contributed by atoms with Crippen LogP contribution in [0.15, 0.2) is 60.2 Å². The lowest BCUT2D eigenvalue weighted by Crippen LogP contribution is -2.60. The molecule has 2 saturated heterocycles. The lowest BCUT2D eigenvalue weighted by atomic mass is 9.56. The van der Waals surface area contributed by atoms with Crippen LogP contribution in [0, 0.1) is 38.0 Å². The Bertz CT molecular complexity index is 2110. The summed E-state index contributed by atoms with van der Waals surface area (Å²) in [6.07, 6.45) is 1.31. The minimum Gasteiger partial charge on any atom is -0.507 e. The van der Waals surface area contributed by atoms with Crippen LogP contribution in [0.25, 0.3) is 10.8 Å². The Labute approximate surface area is 301 Å². The molecule has 6 atom stereocenters. The number of anilines is 2. The number of carbonyl (C=O) groups is 4. The molecular weight excluding hydrogens is 761 g/mol. The van der Waals surface area contributed by atoms with Gasteiger partial charge in [0.15, 0.2) is 15.4 Å². The summed E-state index contributed by atoms with van der Waals surface area (Å²) in [4.78, 5) is 77.5. The molecule has 0 unspecified atom stereocenters. The zero-order chi connectivity index (χ0) is 36.2. The van der Waals surface area contributed by atoms with Gasteiger partial charge in [0, 0.05) is 43.1 Å². The monoisotopic (exact) mass is 785 g/mol. The zero-order valence-electron chi connectivity index (χ0n) is 26.2. The summed E-state index contributed by atoms with van der Waals surface area (Å²) in [5.74, 6) is -7.79. The van der Waals surface area contributed by atoms with Crippen molar-refractivity contribution in [1.82, 2.24) is 4.90 Å². The molecule has 0 radical (unpaired) electrons. The largest absolute Gasteiger partial charge is 0.507 e. The maximum Gasteiger partial charge on any atom is 0.301 e. The SMILES string of the molecule is CN(C)c1c([N+](=O)[O-])cc(N2C(=O)[C@H]3[C@H](CC=C4[C@H]3C[C@@]3(Cl)C(=O)N(CBr)C(=O)[C@@]3(Cl)[C@H]4c3ccc4ccccc4c3O)C2=O)cc1[N+](=O)[O-]. The number of carbonyl (C=O) groups excluding carboxylic acids is 4. The van der Waals surface area contributed by atoms with E-state index in [0.717, 1.165) is 17.0 Å². The first-order chi connectivity index (χ1) is 23.6. The number of nitro groups is 2. The van der Waals surface area contributed by atoms with Gasteiger partial charge in [-0.3, -0.25) is 44.3 Å². The molecule has 258 valence electrons.